The number of benzene rings is 1. The van der Waals surface area contributed by atoms with E-state index in [9.17, 15) is 9.90 Å². The topological polar surface area (TPSA) is 49.3 Å². The smallest absolute Gasteiger partial charge is 0.223 e. The molecular formula is C15H21NO2. The Hall–Kier alpha value is -1.35. The number of hydrogen-bond donors (Lipinski definition) is 2. The van der Waals surface area contributed by atoms with Crippen molar-refractivity contribution in [3.8, 4) is 0 Å². The zero-order valence-electron chi connectivity index (χ0n) is 10.9. The zero-order valence-corrected chi connectivity index (χ0v) is 10.9. The summed E-state index contributed by atoms with van der Waals surface area (Å²) in [7, 11) is 0. The average Bonchev–Trinajstić information content (AvgIpc) is 3.13. The van der Waals surface area contributed by atoms with Gasteiger partial charge in [-0.2, -0.15) is 0 Å². The summed E-state index contributed by atoms with van der Waals surface area (Å²) in [6, 6.07) is 9.33. The Bertz CT molecular complexity index is 396. The molecule has 1 saturated carbocycles. The molecule has 0 aromatic heterocycles. The van der Waals surface area contributed by atoms with Crippen LogP contribution in [0.5, 0.6) is 0 Å². The Morgan fingerprint density at radius 3 is 2.67 bits per heavy atom. The molecule has 0 spiro atoms. The van der Waals surface area contributed by atoms with Crippen LogP contribution >= 0.6 is 0 Å². The van der Waals surface area contributed by atoms with Gasteiger partial charge in [0.25, 0.3) is 0 Å². The Kier molecular flexibility index (Phi) is 4.02. The number of hydrogen-bond acceptors (Lipinski definition) is 2. The SMILES string of the molecule is CC(O)(CC(=O)NCCC1CC1)c1ccccc1. The normalized spacial score (nSPS) is 18.1. The summed E-state index contributed by atoms with van der Waals surface area (Å²) in [5, 5.41) is 13.2. The molecule has 2 rings (SSSR count). The first-order chi connectivity index (χ1) is 8.58. The van der Waals surface area contributed by atoms with Gasteiger partial charge in [0.2, 0.25) is 5.91 Å². The summed E-state index contributed by atoms with van der Waals surface area (Å²) in [5.41, 5.74) is -0.312. The predicted molar refractivity (Wildman–Crippen MR) is 71.0 cm³/mol. The molecule has 0 heterocycles. The number of rotatable bonds is 6. The van der Waals surface area contributed by atoms with Crippen LogP contribution in [0.15, 0.2) is 30.3 Å². The Morgan fingerprint density at radius 2 is 2.06 bits per heavy atom. The molecular weight excluding hydrogens is 226 g/mol. The first-order valence-electron chi connectivity index (χ1n) is 6.62. The van der Waals surface area contributed by atoms with Crippen molar-refractivity contribution >= 4 is 5.91 Å². The summed E-state index contributed by atoms with van der Waals surface area (Å²) < 4.78 is 0. The van der Waals surface area contributed by atoms with Crippen molar-refractivity contribution < 1.29 is 9.90 Å². The van der Waals surface area contributed by atoms with Crippen molar-refractivity contribution in [1.29, 1.82) is 0 Å². The van der Waals surface area contributed by atoms with Crippen LogP contribution in [0.4, 0.5) is 0 Å². The molecule has 1 amide bonds. The Morgan fingerprint density at radius 1 is 1.39 bits per heavy atom. The van der Waals surface area contributed by atoms with Gasteiger partial charge in [-0.3, -0.25) is 4.79 Å². The highest BCUT2D eigenvalue weighted by Crippen LogP contribution is 2.31. The fraction of sp³-hybridized carbons (Fsp3) is 0.533. The number of nitrogens with one attached hydrogen (secondary N) is 1. The van der Waals surface area contributed by atoms with Gasteiger partial charge in [0.1, 0.15) is 0 Å². The van der Waals surface area contributed by atoms with Gasteiger partial charge in [-0.05, 0) is 24.8 Å². The molecule has 0 saturated heterocycles. The predicted octanol–water partition coefficient (Wildman–Crippen LogP) is 2.20. The highest BCUT2D eigenvalue weighted by molar-refractivity contribution is 5.77. The quantitative estimate of drug-likeness (QED) is 0.809. The molecule has 0 bridgehead atoms. The van der Waals surface area contributed by atoms with E-state index in [0.29, 0.717) is 0 Å². The second-order valence-corrected chi connectivity index (χ2v) is 5.40. The number of carbonyl (C=O) groups is 1. The van der Waals surface area contributed by atoms with Crippen LogP contribution in [0, 0.1) is 5.92 Å². The molecule has 1 aromatic carbocycles. The third-order valence-electron chi connectivity index (χ3n) is 3.47. The van der Waals surface area contributed by atoms with Crippen LogP contribution < -0.4 is 5.32 Å². The van der Waals surface area contributed by atoms with Gasteiger partial charge in [-0.25, -0.2) is 0 Å². The molecule has 18 heavy (non-hydrogen) atoms. The first-order valence-corrected chi connectivity index (χ1v) is 6.62. The van der Waals surface area contributed by atoms with E-state index in [0.717, 1.165) is 24.4 Å². The van der Waals surface area contributed by atoms with Crippen molar-refractivity contribution in [1.82, 2.24) is 5.32 Å². The van der Waals surface area contributed by atoms with Gasteiger partial charge in [-0.1, -0.05) is 43.2 Å². The molecule has 1 unspecified atom stereocenters. The molecule has 98 valence electrons. The van der Waals surface area contributed by atoms with Gasteiger partial charge in [0.05, 0.1) is 12.0 Å². The minimum atomic E-state index is -1.09. The summed E-state index contributed by atoms with van der Waals surface area (Å²) in [5.74, 6) is 0.740. The standard InChI is InChI=1S/C15H21NO2/c1-15(18,13-5-3-2-4-6-13)11-14(17)16-10-9-12-7-8-12/h2-6,12,18H,7-11H2,1H3,(H,16,17). The lowest BCUT2D eigenvalue weighted by Gasteiger charge is -2.23. The van der Waals surface area contributed by atoms with Crippen LogP contribution in [0.3, 0.4) is 0 Å². The summed E-state index contributed by atoms with van der Waals surface area (Å²) in [4.78, 5) is 11.8. The molecule has 3 heteroatoms. The third kappa shape index (κ3) is 3.84. The third-order valence-corrected chi connectivity index (χ3v) is 3.47. The number of amides is 1. The molecule has 2 N–H and O–H groups in total. The maximum atomic E-state index is 11.8. The second kappa shape index (κ2) is 5.53. The van der Waals surface area contributed by atoms with Crippen molar-refractivity contribution in [2.45, 2.75) is 38.2 Å². The maximum absolute atomic E-state index is 11.8. The van der Waals surface area contributed by atoms with Crippen LogP contribution in [0.25, 0.3) is 0 Å². The molecule has 1 atom stereocenters. The van der Waals surface area contributed by atoms with Gasteiger partial charge in [0, 0.05) is 6.54 Å². The van der Waals surface area contributed by atoms with Crippen LogP contribution in [0.2, 0.25) is 0 Å². The van der Waals surface area contributed by atoms with E-state index in [1.54, 1.807) is 6.92 Å². The van der Waals surface area contributed by atoms with Gasteiger partial charge in [-0.15, -0.1) is 0 Å². The molecule has 1 aromatic rings. The molecule has 1 fully saturated rings. The highest BCUT2D eigenvalue weighted by Gasteiger charge is 2.26. The monoisotopic (exact) mass is 247 g/mol. The van der Waals surface area contributed by atoms with E-state index in [1.807, 2.05) is 30.3 Å². The molecule has 1 aliphatic carbocycles. The van der Waals surface area contributed by atoms with Crippen molar-refractivity contribution in [3.63, 3.8) is 0 Å². The minimum Gasteiger partial charge on any atom is -0.385 e. The minimum absolute atomic E-state index is 0.0792. The van der Waals surface area contributed by atoms with E-state index >= 15 is 0 Å². The lowest BCUT2D eigenvalue weighted by molar-refractivity contribution is -0.125. The van der Waals surface area contributed by atoms with Crippen LogP contribution in [-0.2, 0) is 10.4 Å². The van der Waals surface area contributed by atoms with Gasteiger partial charge < -0.3 is 10.4 Å². The second-order valence-electron chi connectivity index (χ2n) is 5.40. The Labute approximate surface area is 108 Å². The van der Waals surface area contributed by atoms with E-state index in [4.69, 9.17) is 0 Å². The Balaban J connectivity index is 1.81. The number of aliphatic hydroxyl groups is 1. The highest BCUT2D eigenvalue weighted by atomic mass is 16.3. The van der Waals surface area contributed by atoms with Gasteiger partial charge >= 0.3 is 0 Å². The van der Waals surface area contributed by atoms with E-state index < -0.39 is 5.60 Å². The lowest BCUT2D eigenvalue weighted by Crippen LogP contribution is -2.33. The summed E-state index contributed by atoms with van der Waals surface area (Å²) >= 11 is 0. The average molecular weight is 247 g/mol. The van der Waals surface area contributed by atoms with Crippen molar-refractivity contribution in [3.05, 3.63) is 35.9 Å². The molecule has 0 aliphatic heterocycles. The first kappa shape index (κ1) is 13.1. The maximum Gasteiger partial charge on any atom is 0.223 e. The van der Waals surface area contributed by atoms with Crippen molar-refractivity contribution in [2.24, 2.45) is 5.92 Å². The van der Waals surface area contributed by atoms with Crippen molar-refractivity contribution in [2.75, 3.05) is 6.54 Å². The summed E-state index contributed by atoms with van der Waals surface area (Å²) in [6.45, 7) is 2.41. The largest absolute Gasteiger partial charge is 0.385 e. The molecule has 1 aliphatic rings. The number of carbonyl (C=O) groups excluding carboxylic acids is 1. The fourth-order valence-corrected chi connectivity index (χ4v) is 2.10. The van der Waals surface area contributed by atoms with E-state index in [-0.39, 0.29) is 12.3 Å². The van der Waals surface area contributed by atoms with Crippen LogP contribution in [-0.4, -0.2) is 17.6 Å². The van der Waals surface area contributed by atoms with Crippen LogP contribution in [0.1, 0.15) is 38.2 Å². The van der Waals surface area contributed by atoms with Gasteiger partial charge in [0.15, 0.2) is 0 Å². The lowest BCUT2D eigenvalue weighted by atomic mass is 9.92. The summed E-state index contributed by atoms with van der Waals surface area (Å²) in [6.07, 6.45) is 3.79. The molecule has 0 radical (unpaired) electrons. The fourth-order valence-electron chi connectivity index (χ4n) is 2.10. The van der Waals surface area contributed by atoms with E-state index in [2.05, 4.69) is 5.32 Å². The molecule has 3 nitrogen and oxygen atoms in total. The van der Waals surface area contributed by atoms with E-state index in [1.165, 1.54) is 12.8 Å². The zero-order chi connectivity index (χ0) is 13.0.